The number of hydrogen-bond acceptors (Lipinski definition) is 1. The average Bonchev–Trinajstić information content (AvgIpc) is 3.17. The summed E-state index contributed by atoms with van der Waals surface area (Å²) in [7, 11) is 0. The molecular weight excluding hydrogens is 352 g/mol. The SMILES string of the molecule is CC1CCCC2(C)C1CCC1(C)C2CCC2C3CCCC3CCC21C.CCCO. The van der Waals surface area contributed by atoms with Gasteiger partial charge in [0.15, 0.2) is 0 Å². The van der Waals surface area contributed by atoms with E-state index in [4.69, 9.17) is 5.11 Å². The Morgan fingerprint density at radius 2 is 1.48 bits per heavy atom. The smallest absolute Gasteiger partial charge is 0.0428 e. The molecule has 0 spiro atoms. The van der Waals surface area contributed by atoms with Gasteiger partial charge in [-0.05, 0) is 110 Å². The summed E-state index contributed by atoms with van der Waals surface area (Å²) < 4.78 is 0. The van der Waals surface area contributed by atoms with Gasteiger partial charge in [0.25, 0.3) is 0 Å². The highest BCUT2D eigenvalue weighted by Crippen LogP contribution is 2.74. The molecule has 0 saturated heterocycles. The van der Waals surface area contributed by atoms with Gasteiger partial charge in [0.05, 0.1) is 0 Å². The Balaban J connectivity index is 0.000000472. The van der Waals surface area contributed by atoms with Crippen LogP contribution in [0.2, 0.25) is 0 Å². The van der Waals surface area contributed by atoms with Crippen molar-refractivity contribution in [2.75, 3.05) is 6.61 Å². The minimum atomic E-state index is 0.319. The zero-order valence-electron chi connectivity index (χ0n) is 20.3. The topological polar surface area (TPSA) is 20.2 Å². The summed E-state index contributed by atoms with van der Waals surface area (Å²) in [5.41, 5.74) is 1.94. The molecule has 9 atom stereocenters. The molecule has 0 aromatic heterocycles. The molecule has 5 rings (SSSR count). The van der Waals surface area contributed by atoms with Crippen LogP contribution in [0.15, 0.2) is 0 Å². The number of fused-ring (bicyclic) bond motifs is 7. The van der Waals surface area contributed by atoms with Crippen LogP contribution in [0.3, 0.4) is 0 Å². The van der Waals surface area contributed by atoms with E-state index in [9.17, 15) is 0 Å². The van der Waals surface area contributed by atoms with Crippen LogP contribution in [0, 0.1) is 51.8 Å². The fourth-order valence-electron chi connectivity index (χ4n) is 10.3. The first-order chi connectivity index (χ1) is 13.8. The molecule has 0 amide bonds. The van der Waals surface area contributed by atoms with E-state index in [0.717, 1.165) is 41.9 Å². The van der Waals surface area contributed by atoms with E-state index >= 15 is 0 Å². The van der Waals surface area contributed by atoms with Crippen molar-refractivity contribution in [3.05, 3.63) is 0 Å². The van der Waals surface area contributed by atoms with Gasteiger partial charge in [-0.25, -0.2) is 0 Å². The summed E-state index contributed by atoms with van der Waals surface area (Å²) in [5.74, 6) is 6.31. The molecule has 1 N–H and O–H groups in total. The molecule has 5 saturated carbocycles. The maximum absolute atomic E-state index is 7.88. The Hall–Kier alpha value is -0.0400. The number of rotatable bonds is 1. The minimum Gasteiger partial charge on any atom is -0.396 e. The Bertz CT molecular complexity index is 569. The third kappa shape index (κ3) is 3.27. The van der Waals surface area contributed by atoms with Gasteiger partial charge in [0.1, 0.15) is 0 Å². The molecule has 0 aliphatic heterocycles. The van der Waals surface area contributed by atoms with E-state index in [1.165, 1.54) is 19.3 Å². The third-order valence-electron chi connectivity index (χ3n) is 11.8. The van der Waals surface area contributed by atoms with Crippen molar-refractivity contribution in [1.29, 1.82) is 0 Å². The van der Waals surface area contributed by atoms with E-state index in [0.29, 0.717) is 22.9 Å². The molecule has 5 aliphatic rings. The van der Waals surface area contributed by atoms with Gasteiger partial charge < -0.3 is 5.11 Å². The Kier molecular flexibility index (Phi) is 6.22. The quantitative estimate of drug-likeness (QED) is 0.473. The third-order valence-corrected chi connectivity index (χ3v) is 11.8. The number of aliphatic hydroxyl groups is 1. The van der Waals surface area contributed by atoms with E-state index < -0.39 is 0 Å². The predicted molar refractivity (Wildman–Crippen MR) is 124 cm³/mol. The fourth-order valence-corrected chi connectivity index (χ4v) is 10.3. The van der Waals surface area contributed by atoms with Crippen LogP contribution in [0.1, 0.15) is 118 Å². The second kappa shape index (κ2) is 8.14. The van der Waals surface area contributed by atoms with E-state index in [-0.39, 0.29) is 0 Å². The van der Waals surface area contributed by atoms with Crippen LogP contribution >= 0.6 is 0 Å². The molecule has 0 heterocycles. The van der Waals surface area contributed by atoms with Crippen molar-refractivity contribution in [3.63, 3.8) is 0 Å². The molecule has 168 valence electrons. The van der Waals surface area contributed by atoms with Gasteiger partial charge in [0, 0.05) is 6.61 Å². The standard InChI is InChI=1S/C25H42.C3H8O/c1-17-7-6-14-23(2)20(17)13-16-25(4)22(23)11-10-21-19-9-5-8-18(19)12-15-24(21,25)3;1-2-3-4/h17-22H,5-16H2,1-4H3;4H,2-3H2,1H3. The maximum Gasteiger partial charge on any atom is 0.0428 e. The summed E-state index contributed by atoms with van der Waals surface area (Å²) in [6, 6.07) is 0. The summed E-state index contributed by atoms with van der Waals surface area (Å²) in [6.45, 7) is 13.2. The lowest BCUT2D eigenvalue weighted by atomic mass is 9.34. The second-order valence-corrected chi connectivity index (χ2v) is 12.7. The van der Waals surface area contributed by atoms with Crippen LogP contribution in [0.5, 0.6) is 0 Å². The van der Waals surface area contributed by atoms with Gasteiger partial charge in [-0.1, -0.05) is 60.3 Å². The summed E-state index contributed by atoms with van der Waals surface area (Å²) in [5, 5.41) is 7.88. The number of aliphatic hydroxyl groups excluding tert-OH is 1. The first-order valence-corrected chi connectivity index (χ1v) is 13.4. The van der Waals surface area contributed by atoms with Crippen LogP contribution in [-0.4, -0.2) is 11.7 Å². The average molecular weight is 403 g/mol. The van der Waals surface area contributed by atoms with Crippen molar-refractivity contribution in [2.24, 2.45) is 51.8 Å². The van der Waals surface area contributed by atoms with Crippen molar-refractivity contribution < 1.29 is 5.11 Å². The van der Waals surface area contributed by atoms with Gasteiger partial charge in [0.2, 0.25) is 0 Å². The Labute approximate surface area is 181 Å². The maximum atomic E-state index is 7.88. The first-order valence-electron chi connectivity index (χ1n) is 13.4. The van der Waals surface area contributed by atoms with Crippen molar-refractivity contribution in [2.45, 2.75) is 118 Å². The number of hydrogen-bond donors (Lipinski definition) is 1. The zero-order valence-corrected chi connectivity index (χ0v) is 20.3. The summed E-state index contributed by atoms with van der Waals surface area (Å²) in [4.78, 5) is 0. The summed E-state index contributed by atoms with van der Waals surface area (Å²) >= 11 is 0. The normalized spacial score (nSPS) is 53.6. The minimum absolute atomic E-state index is 0.319. The molecule has 0 aromatic rings. The lowest BCUT2D eigenvalue weighted by molar-refractivity contribution is -0.216. The molecule has 0 bridgehead atoms. The highest BCUT2D eigenvalue weighted by Gasteiger charge is 2.66. The van der Waals surface area contributed by atoms with Crippen molar-refractivity contribution >= 4 is 0 Å². The predicted octanol–water partition coefficient (Wildman–Crippen LogP) is 7.86. The molecule has 1 heteroatoms. The van der Waals surface area contributed by atoms with Gasteiger partial charge in [-0.15, -0.1) is 0 Å². The molecule has 29 heavy (non-hydrogen) atoms. The van der Waals surface area contributed by atoms with Crippen LogP contribution in [0.4, 0.5) is 0 Å². The zero-order chi connectivity index (χ0) is 20.9. The monoisotopic (exact) mass is 402 g/mol. The molecule has 9 unspecified atom stereocenters. The first kappa shape index (κ1) is 22.2. The molecule has 0 radical (unpaired) electrons. The molecule has 5 fully saturated rings. The molecule has 5 aliphatic carbocycles. The van der Waals surface area contributed by atoms with Crippen molar-refractivity contribution in [3.8, 4) is 0 Å². The van der Waals surface area contributed by atoms with E-state index in [2.05, 4.69) is 27.7 Å². The summed E-state index contributed by atoms with van der Waals surface area (Å²) in [6.07, 6.45) is 19.5. The van der Waals surface area contributed by atoms with Gasteiger partial charge >= 0.3 is 0 Å². The lowest BCUT2D eigenvalue weighted by Gasteiger charge is -2.70. The van der Waals surface area contributed by atoms with Crippen molar-refractivity contribution in [1.82, 2.24) is 0 Å². The van der Waals surface area contributed by atoms with E-state index in [1.54, 1.807) is 57.8 Å². The highest BCUT2D eigenvalue weighted by atomic mass is 16.2. The molecular formula is C28H50O. The van der Waals surface area contributed by atoms with Gasteiger partial charge in [-0.3, -0.25) is 0 Å². The largest absolute Gasteiger partial charge is 0.396 e. The van der Waals surface area contributed by atoms with Gasteiger partial charge in [-0.2, -0.15) is 0 Å². The van der Waals surface area contributed by atoms with Crippen LogP contribution in [-0.2, 0) is 0 Å². The Morgan fingerprint density at radius 1 is 0.759 bits per heavy atom. The van der Waals surface area contributed by atoms with Crippen LogP contribution in [0.25, 0.3) is 0 Å². The second-order valence-electron chi connectivity index (χ2n) is 12.7. The fraction of sp³-hybridized carbons (Fsp3) is 1.00. The van der Waals surface area contributed by atoms with E-state index in [1.807, 2.05) is 6.92 Å². The van der Waals surface area contributed by atoms with Crippen LogP contribution < -0.4 is 0 Å². The highest BCUT2D eigenvalue weighted by molar-refractivity contribution is 5.15. The molecule has 1 nitrogen and oxygen atoms in total. The molecule has 0 aromatic carbocycles. The Morgan fingerprint density at radius 3 is 2.21 bits per heavy atom. The lowest BCUT2D eigenvalue weighted by Crippen LogP contribution is -2.63.